The van der Waals surface area contributed by atoms with E-state index in [-0.39, 0.29) is 10.7 Å². The summed E-state index contributed by atoms with van der Waals surface area (Å²) in [5.41, 5.74) is 5.53. The summed E-state index contributed by atoms with van der Waals surface area (Å²) in [7, 11) is -5.09. The zero-order valence-corrected chi connectivity index (χ0v) is 13.4. The third-order valence-corrected chi connectivity index (χ3v) is 5.18. The maximum Gasteiger partial charge on any atom is 0.243 e. The Hall–Kier alpha value is -0.700. The van der Waals surface area contributed by atoms with Crippen molar-refractivity contribution in [1.82, 2.24) is 4.72 Å². The highest BCUT2D eigenvalue weighted by Crippen LogP contribution is 2.25. The fourth-order valence-corrected chi connectivity index (χ4v) is 3.89. The molecule has 3 N–H and O–H groups in total. The number of nitrogens with two attached hydrogens (primary N) is 1. The average Bonchev–Trinajstić information content (AvgIpc) is 2.30. The zero-order chi connectivity index (χ0) is 15.5. The third-order valence-electron chi connectivity index (χ3n) is 2.50. The van der Waals surface area contributed by atoms with Crippen molar-refractivity contribution in [3.63, 3.8) is 0 Å². The van der Waals surface area contributed by atoms with E-state index >= 15 is 0 Å². The molecule has 2 unspecified atom stereocenters. The molecule has 1 aromatic carbocycles. The normalized spacial score (nSPS) is 15.0. The minimum atomic E-state index is -4.07. The van der Waals surface area contributed by atoms with Crippen molar-refractivity contribution in [2.45, 2.75) is 24.3 Å². The van der Waals surface area contributed by atoms with Crippen molar-refractivity contribution in [1.29, 1.82) is 0 Å². The van der Waals surface area contributed by atoms with Crippen LogP contribution >= 0.6 is 11.6 Å². The van der Waals surface area contributed by atoms with E-state index in [1.807, 2.05) is 0 Å². The second-order valence-electron chi connectivity index (χ2n) is 4.40. The molecule has 5 nitrogen and oxygen atoms in total. The summed E-state index contributed by atoms with van der Waals surface area (Å²) in [6.45, 7) is 1.61. The highest BCUT2D eigenvalue weighted by molar-refractivity contribution is 7.89. The van der Waals surface area contributed by atoms with Gasteiger partial charge in [0.2, 0.25) is 10.0 Å². The summed E-state index contributed by atoms with van der Waals surface area (Å²) in [5, 5.41) is -0.354. The van der Waals surface area contributed by atoms with Crippen molar-refractivity contribution in [2.75, 3.05) is 17.7 Å². The first kappa shape index (κ1) is 17.4. The topological polar surface area (TPSA) is 89.3 Å². The van der Waals surface area contributed by atoms with Gasteiger partial charge >= 0.3 is 0 Å². The second-order valence-corrected chi connectivity index (χ2v) is 8.05. The Kier molecular flexibility index (Phi) is 5.93. The van der Waals surface area contributed by atoms with Gasteiger partial charge in [0.05, 0.1) is 5.02 Å². The first-order valence-electron chi connectivity index (χ1n) is 5.70. The SMILES string of the molecule is CC(CCS(C)=O)NS(=O)(=O)c1cc(N)cc(Cl)c1F. The molecule has 0 amide bonds. The Labute approximate surface area is 125 Å². The summed E-state index contributed by atoms with van der Waals surface area (Å²) in [4.78, 5) is -0.591. The molecule has 2 atom stereocenters. The van der Waals surface area contributed by atoms with Gasteiger partial charge in [0.25, 0.3) is 0 Å². The predicted octanol–water partition coefficient (Wildman–Crippen LogP) is 1.50. The lowest BCUT2D eigenvalue weighted by Gasteiger charge is -2.14. The van der Waals surface area contributed by atoms with Gasteiger partial charge < -0.3 is 5.73 Å². The summed E-state index contributed by atoms with van der Waals surface area (Å²) >= 11 is 5.58. The number of benzene rings is 1. The van der Waals surface area contributed by atoms with Gasteiger partial charge in [0.15, 0.2) is 5.82 Å². The number of anilines is 1. The molecule has 0 aliphatic heterocycles. The fraction of sp³-hybridized carbons (Fsp3) is 0.455. The number of nitrogen functional groups attached to an aromatic ring is 1. The van der Waals surface area contributed by atoms with E-state index in [4.69, 9.17) is 17.3 Å². The Balaban J connectivity index is 2.97. The number of sulfonamides is 1. The van der Waals surface area contributed by atoms with E-state index < -0.39 is 37.6 Å². The molecular weight excluding hydrogens is 327 g/mol. The smallest absolute Gasteiger partial charge is 0.243 e. The Morgan fingerprint density at radius 1 is 1.50 bits per heavy atom. The molecule has 0 saturated heterocycles. The molecular formula is C11H16ClFN2O3S2. The summed E-state index contributed by atoms with van der Waals surface area (Å²) in [5.74, 6) is -0.691. The Morgan fingerprint density at radius 3 is 2.65 bits per heavy atom. The molecule has 0 aromatic heterocycles. The van der Waals surface area contributed by atoms with Gasteiger partial charge in [-0.05, 0) is 25.5 Å². The van der Waals surface area contributed by atoms with Crippen molar-refractivity contribution in [3.8, 4) is 0 Å². The molecule has 0 saturated carbocycles. The van der Waals surface area contributed by atoms with Gasteiger partial charge in [-0.25, -0.2) is 17.5 Å². The largest absolute Gasteiger partial charge is 0.399 e. The number of rotatable bonds is 6. The summed E-state index contributed by atoms with van der Waals surface area (Å²) in [6.07, 6.45) is 1.90. The minimum Gasteiger partial charge on any atom is -0.399 e. The number of hydrogen-bond donors (Lipinski definition) is 2. The molecule has 1 rings (SSSR count). The quantitative estimate of drug-likeness (QED) is 0.767. The van der Waals surface area contributed by atoms with Crippen molar-refractivity contribution >= 4 is 38.1 Å². The Bertz CT molecular complexity index is 622. The van der Waals surface area contributed by atoms with Gasteiger partial charge in [0, 0.05) is 34.5 Å². The molecule has 20 heavy (non-hydrogen) atoms. The van der Waals surface area contributed by atoms with E-state index in [1.165, 1.54) is 6.26 Å². The average molecular weight is 343 g/mol. The standard InChI is InChI=1S/C11H16ClFN2O3S2/c1-7(3-4-19(2)16)15-20(17,18)10-6-8(14)5-9(12)11(10)13/h5-7,15H,3-4,14H2,1-2H3. The first-order chi connectivity index (χ1) is 9.13. The van der Waals surface area contributed by atoms with Crippen LogP contribution in [0, 0.1) is 5.82 Å². The van der Waals surface area contributed by atoms with Crippen molar-refractivity contribution < 1.29 is 17.0 Å². The molecule has 0 heterocycles. The molecule has 9 heteroatoms. The van der Waals surface area contributed by atoms with Crippen LogP contribution in [0.25, 0.3) is 0 Å². The number of hydrogen-bond acceptors (Lipinski definition) is 4. The maximum atomic E-state index is 13.8. The van der Waals surface area contributed by atoms with Crippen molar-refractivity contribution in [2.24, 2.45) is 0 Å². The van der Waals surface area contributed by atoms with Crippen LogP contribution in [-0.4, -0.2) is 30.7 Å². The highest BCUT2D eigenvalue weighted by atomic mass is 35.5. The predicted molar refractivity (Wildman–Crippen MR) is 79.2 cm³/mol. The number of halogens is 2. The lowest BCUT2D eigenvalue weighted by atomic mass is 10.3. The molecule has 0 radical (unpaired) electrons. The highest BCUT2D eigenvalue weighted by Gasteiger charge is 2.23. The lowest BCUT2D eigenvalue weighted by Crippen LogP contribution is -2.34. The summed E-state index contributed by atoms with van der Waals surface area (Å²) in [6, 6.07) is 1.66. The van der Waals surface area contributed by atoms with Crippen LogP contribution in [0.1, 0.15) is 13.3 Å². The third kappa shape index (κ3) is 4.69. The van der Waals surface area contributed by atoms with Crippen LogP contribution in [0.5, 0.6) is 0 Å². The molecule has 0 aliphatic rings. The molecule has 0 fully saturated rings. The van der Waals surface area contributed by atoms with Gasteiger partial charge in [-0.2, -0.15) is 0 Å². The molecule has 0 aliphatic carbocycles. The summed E-state index contributed by atoms with van der Waals surface area (Å²) < 4.78 is 51.2. The van der Waals surface area contributed by atoms with E-state index in [9.17, 15) is 17.0 Å². The maximum absolute atomic E-state index is 13.8. The first-order valence-corrected chi connectivity index (χ1v) is 9.29. The van der Waals surface area contributed by atoms with E-state index in [2.05, 4.69) is 4.72 Å². The zero-order valence-electron chi connectivity index (χ0n) is 11.0. The molecule has 0 spiro atoms. The van der Waals surface area contributed by atoms with Crippen LogP contribution < -0.4 is 10.5 Å². The molecule has 1 aromatic rings. The number of nitrogens with one attached hydrogen (secondary N) is 1. The van der Waals surface area contributed by atoms with E-state index in [0.717, 1.165) is 12.1 Å². The van der Waals surface area contributed by atoms with Gasteiger partial charge in [-0.3, -0.25) is 4.21 Å². The van der Waals surface area contributed by atoms with Gasteiger partial charge in [-0.1, -0.05) is 11.6 Å². The molecule has 0 bridgehead atoms. The van der Waals surface area contributed by atoms with Crippen LogP contribution in [0.3, 0.4) is 0 Å². The van der Waals surface area contributed by atoms with Crippen LogP contribution in [0.2, 0.25) is 5.02 Å². The van der Waals surface area contributed by atoms with Gasteiger partial charge in [-0.15, -0.1) is 0 Å². The lowest BCUT2D eigenvalue weighted by molar-refractivity contribution is 0.539. The van der Waals surface area contributed by atoms with E-state index in [1.54, 1.807) is 6.92 Å². The van der Waals surface area contributed by atoms with Crippen LogP contribution in [-0.2, 0) is 20.8 Å². The van der Waals surface area contributed by atoms with Gasteiger partial charge in [0.1, 0.15) is 4.90 Å². The molecule has 114 valence electrons. The Morgan fingerprint density at radius 2 is 2.10 bits per heavy atom. The van der Waals surface area contributed by atoms with Crippen molar-refractivity contribution in [3.05, 3.63) is 23.0 Å². The monoisotopic (exact) mass is 342 g/mol. The second kappa shape index (κ2) is 6.84. The fourth-order valence-electron chi connectivity index (χ4n) is 1.51. The van der Waals surface area contributed by atoms with Crippen LogP contribution in [0.15, 0.2) is 17.0 Å². The van der Waals surface area contributed by atoms with E-state index in [0.29, 0.717) is 12.2 Å². The van der Waals surface area contributed by atoms with Crippen LogP contribution in [0.4, 0.5) is 10.1 Å². The minimum absolute atomic E-state index is 0.0547.